The molecular weight excluding hydrogens is 360 g/mol. The van der Waals surface area contributed by atoms with Crippen LogP contribution in [0.4, 0.5) is 11.5 Å². The second-order valence-corrected chi connectivity index (χ2v) is 7.84. The van der Waals surface area contributed by atoms with Gasteiger partial charge in [-0.1, -0.05) is 26.0 Å². The molecule has 6 nitrogen and oxygen atoms in total. The number of hydrogen-bond acceptors (Lipinski definition) is 6. The number of nitrogens with one attached hydrogen (secondary N) is 1. The van der Waals surface area contributed by atoms with E-state index in [1.807, 2.05) is 54.5 Å². The molecule has 140 valence electrons. The Bertz CT molecular complexity index is 956. The van der Waals surface area contributed by atoms with Crippen LogP contribution in [0.2, 0.25) is 0 Å². The molecule has 0 spiro atoms. The molecule has 1 aromatic carbocycles. The van der Waals surface area contributed by atoms with Gasteiger partial charge in [0.1, 0.15) is 28.8 Å². The molecule has 3 heterocycles. The standard InChI is InChI=1S/C20H22N4O2S/c1-13(2)20(25)24-9-7-14(11-24)26-17-6-4-3-5-16(17)23-18-15-8-10-27-19(15)22-12-21-18/h3-6,8,10,12-14H,7,9,11H2,1-2H3,(H,21,22,23). The monoisotopic (exact) mass is 382 g/mol. The summed E-state index contributed by atoms with van der Waals surface area (Å²) >= 11 is 1.59. The average Bonchev–Trinajstić information content (AvgIpc) is 3.32. The fourth-order valence-electron chi connectivity index (χ4n) is 3.26. The Morgan fingerprint density at radius 1 is 1.30 bits per heavy atom. The lowest BCUT2D eigenvalue weighted by atomic mass is 10.2. The first-order valence-electron chi connectivity index (χ1n) is 9.11. The van der Waals surface area contributed by atoms with Crippen LogP contribution < -0.4 is 10.1 Å². The van der Waals surface area contributed by atoms with Crippen molar-refractivity contribution in [3.8, 4) is 5.75 Å². The number of amides is 1. The van der Waals surface area contributed by atoms with Gasteiger partial charge in [-0.2, -0.15) is 0 Å². The predicted molar refractivity (Wildman–Crippen MR) is 108 cm³/mol. The van der Waals surface area contributed by atoms with Crippen molar-refractivity contribution in [3.05, 3.63) is 42.0 Å². The van der Waals surface area contributed by atoms with Crippen molar-refractivity contribution < 1.29 is 9.53 Å². The zero-order valence-corrected chi connectivity index (χ0v) is 16.2. The van der Waals surface area contributed by atoms with Gasteiger partial charge in [-0.15, -0.1) is 11.3 Å². The molecule has 0 bridgehead atoms. The van der Waals surface area contributed by atoms with Gasteiger partial charge in [0, 0.05) is 18.9 Å². The molecule has 1 fully saturated rings. The SMILES string of the molecule is CC(C)C(=O)N1CCC(Oc2ccccc2Nc2ncnc3sccc23)C1. The molecule has 0 aliphatic carbocycles. The highest BCUT2D eigenvalue weighted by Gasteiger charge is 2.29. The predicted octanol–water partition coefficient (Wildman–Crippen LogP) is 4.07. The Morgan fingerprint density at radius 2 is 2.15 bits per heavy atom. The molecule has 1 aliphatic heterocycles. The van der Waals surface area contributed by atoms with Crippen LogP contribution >= 0.6 is 11.3 Å². The van der Waals surface area contributed by atoms with E-state index in [2.05, 4.69) is 15.3 Å². The van der Waals surface area contributed by atoms with Gasteiger partial charge in [-0.05, 0) is 23.6 Å². The highest BCUT2D eigenvalue weighted by Crippen LogP contribution is 2.32. The third kappa shape index (κ3) is 3.73. The fraction of sp³-hybridized carbons (Fsp3) is 0.350. The number of thiophene rings is 1. The van der Waals surface area contributed by atoms with Gasteiger partial charge in [-0.25, -0.2) is 9.97 Å². The fourth-order valence-corrected chi connectivity index (χ4v) is 3.99. The van der Waals surface area contributed by atoms with Gasteiger partial charge in [0.15, 0.2) is 0 Å². The number of fused-ring (bicyclic) bond motifs is 1. The summed E-state index contributed by atoms with van der Waals surface area (Å²) in [6, 6.07) is 9.85. The minimum absolute atomic E-state index is 0.00205. The zero-order chi connectivity index (χ0) is 18.8. The molecule has 1 unspecified atom stereocenters. The molecule has 1 amide bonds. The molecule has 4 rings (SSSR count). The van der Waals surface area contributed by atoms with E-state index in [1.54, 1.807) is 17.7 Å². The van der Waals surface area contributed by atoms with E-state index in [0.717, 1.165) is 40.4 Å². The highest BCUT2D eigenvalue weighted by molar-refractivity contribution is 7.16. The van der Waals surface area contributed by atoms with Gasteiger partial charge < -0.3 is 15.0 Å². The highest BCUT2D eigenvalue weighted by atomic mass is 32.1. The lowest BCUT2D eigenvalue weighted by Gasteiger charge is -2.20. The molecule has 3 aromatic rings. The van der Waals surface area contributed by atoms with Gasteiger partial charge in [0.05, 0.1) is 17.6 Å². The van der Waals surface area contributed by atoms with E-state index in [-0.39, 0.29) is 17.9 Å². The van der Waals surface area contributed by atoms with Gasteiger partial charge in [0.25, 0.3) is 0 Å². The van der Waals surface area contributed by atoms with Crippen molar-refractivity contribution in [2.75, 3.05) is 18.4 Å². The molecule has 2 aromatic heterocycles. The number of aromatic nitrogens is 2. The van der Waals surface area contributed by atoms with Crippen LogP contribution in [0.25, 0.3) is 10.2 Å². The van der Waals surface area contributed by atoms with Crippen LogP contribution in [0.5, 0.6) is 5.75 Å². The minimum Gasteiger partial charge on any atom is -0.486 e. The molecule has 7 heteroatoms. The molecule has 1 saturated heterocycles. The van der Waals surface area contributed by atoms with Gasteiger partial charge in [0.2, 0.25) is 5.91 Å². The zero-order valence-electron chi connectivity index (χ0n) is 15.4. The molecule has 1 N–H and O–H groups in total. The van der Waals surface area contributed by atoms with E-state index in [1.165, 1.54) is 0 Å². The first-order chi connectivity index (χ1) is 13.1. The number of anilines is 2. The van der Waals surface area contributed by atoms with Crippen LogP contribution in [0.3, 0.4) is 0 Å². The second-order valence-electron chi connectivity index (χ2n) is 6.95. The largest absolute Gasteiger partial charge is 0.486 e. The maximum absolute atomic E-state index is 12.2. The quantitative estimate of drug-likeness (QED) is 0.720. The molecule has 0 saturated carbocycles. The summed E-state index contributed by atoms with van der Waals surface area (Å²) < 4.78 is 6.24. The summed E-state index contributed by atoms with van der Waals surface area (Å²) in [5.74, 6) is 1.74. The number of rotatable bonds is 5. The van der Waals surface area contributed by atoms with Crippen molar-refractivity contribution in [1.82, 2.24) is 14.9 Å². The number of hydrogen-bond donors (Lipinski definition) is 1. The summed E-state index contributed by atoms with van der Waals surface area (Å²) in [6.45, 7) is 5.25. The number of likely N-dealkylation sites (tertiary alicyclic amines) is 1. The van der Waals surface area contributed by atoms with Crippen molar-refractivity contribution in [2.24, 2.45) is 5.92 Å². The van der Waals surface area contributed by atoms with Crippen LogP contribution in [-0.2, 0) is 4.79 Å². The number of nitrogens with zero attached hydrogens (tertiary/aromatic N) is 3. The van der Waals surface area contributed by atoms with Crippen molar-refractivity contribution >= 4 is 39.0 Å². The minimum atomic E-state index is 0.00205. The lowest BCUT2D eigenvalue weighted by molar-refractivity contribution is -0.133. The van der Waals surface area contributed by atoms with Crippen molar-refractivity contribution in [2.45, 2.75) is 26.4 Å². The lowest BCUT2D eigenvalue weighted by Crippen LogP contribution is -2.33. The summed E-state index contributed by atoms with van der Waals surface area (Å²) in [4.78, 5) is 23.7. The van der Waals surface area contributed by atoms with Crippen LogP contribution in [0.15, 0.2) is 42.0 Å². The molecule has 1 atom stereocenters. The Balaban J connectivity index is 1.51. The summed E-state index contributed by atoms with van der Waals surface area (Å²) in [7, 11) is 0. The van der Waals surface area contributed by atoms with E-state index >= 15 is 0 Å². The second kappa shape index (κ2) is 7.52. The smallest absolute Gasteiger partial charge is 0.225 e. The maximum atomic E-state index is 12.2. The molecule has 1 aliphatic rings. The summed E-state index contributed by atoms with van der Waals surface area (Å²) in [6.07, 6.45) is 2.41. The number of carbonyl (C=O) groups excluding carboxylic acids is 1. The Labute approximate surface area is 162 Å². The Hall–Kier alpha value is -2.67. The molecule has 27 heavy (non-hydrogen) atoms. The number of carbonyl (C=O) groups is 1. The first-order valence-corrected chi connectivity index (χ1v) is 9.99. The van der Waals surface area contributed by atoms with Crippen LogP contribution in [-0.4, -0.2) is 40.0 Å². The third-order valence-electron chi connectivity index (χ3n) is 4.65. The summed E-state index contributed by atoms with van der Waals surface area (Å²) in [5.41, 5.74) is 0.859. The Morgan fingerprint density at radius 3 is 3.00 bits per heavy atom. The normalized spacial score (nSPS) is 16.9. The molecular formula is C20H22N4O2S. The summed E-state index contributed by atoms with van der Waals surface area (Å²) in [5, 5.41) is 6.38. The van der Waals surface area contributed by atoms with Crippen LogP contribution in [0, 0.1) is 5.92 Å². The van der Waals surface area contributed by atoms with E-state index in [4.69, 9.17) is 4.74 Å². The Kier molecular flexibility index (Phi) is 4.94. The van der Waals surface area contributed by atoms with Crippen molar-refractivity contribution in [3.63, 3.8) is 0 Å². The van der Waals surface area contributed by atoms with Gasteiger partial charge >= 0.3 is 0 Å². The third-order valence-corrected chi connectivity index (χ3v) is 5.47. The van der Waals surface area contributed by atoms with Gasteiger partial charge in [-0.3, -0.25) is 4.79 Å². The number of benzene rings is 1. The van der Waals surface area contributed by atoms with E-state index < -0.39 is 0 Å². The topological polar surface area (TPSA) is 67.3 Å². The number of ether oxygens (including phenoxy) is 1. The van der Waals surface area contributed by atoms with E-state index in [9.17, 15) is 4.79 Å². The maximum Gasteiger partial charge on any atom is 0.225 e. The van der Waals surface area contributed by atoms with E-state index in [0.29, 0.717) is 6.54 Å². The first kappa shape index (κ1) is 17.7. The van der Waals surface area contributed by atoms with Crippen LogP contribution in [0.1, 0.15) is 20.3 Å². The average molecular weight is 382 g/mol. The molecule has 0 radical (unpaired) electrons. The van der Waals surface area contributed by atoms with Crippen molar-refractivity contribution in [1.29, 1.82) is 0 Å². The number of para-hydroxylation sites is 2.